The first-order chi connectivity index (χ1) is 9.59. The van der Waals surface area contributed by atoms with E-state index in [-0.39, 0.29) is 5.75 Å². The van der Waals surface area contributed by atoms with Gasteiger partial charge in [0.05, 0.1) is 22.6 Å². The van der Waals surface area contributed by atoms with Gasteiger partial charge in [-0.15, -0.1) is 0 Å². The fraction of sp³-hybridized carbons (Fsp3) is 0.400. The van der Waals surface area contributed by atoms with Gasteiger partial charge in [-0.2, -0.15) is 0 Å². The Kier molecular flexibility index (Phi) is 3.48. The maximum Gasteiger partial charge on any atom is 0.156 e. The molecule has 2 aromatic rings. The van der Waals surface area contributed by atoms with Crippen LogP contribution in [0, 0.1) is 0 Å². The Morgan fingerprint density at radius 3 is 2.85 bits per heavy atom. The fourth-order valence-corrected chi connectivity index (χ4v) is 4.89. The van der Waals surface area contributed by atoms with Gasteiger partial charge in [0.25, 0.3) is 0 Å². The van der Waals surface area contributed by atoms with Crippen molar-refractivity contribution < 1.29 is 13.5 Å². The highest BCUT2D eigenvalue weighted by atomic mass is 32.2. The number of benzene rings is 1. The number of aromatic nitrogens is 1. The second kappa shape index (κ2) is 5.14. The summed E-state index contributed by atoms with van der Waals surface area (Å²) in [7, 11) is -3.21. The van der Waals surface area contributed by atoms with E-state index in [9.17, 15) is 13.5 Å². The molecule has 0 radical (unpaired) electrons. The van der Waals surface area contributed by atoms with E-state index < -0.39 is 21.2 Å². The monoisotopic (exact) mass is 291 g/mol. The van der Waals surface area contributed by atoms with Crippen molar-refractivity contribution in [1.29, 1.82) is 0 Å². The van der Waals surface area contributed by atoms with Gasteiger partial charge >= 0.3 is 0 Å². The van der Waals surface area contributed by atoms with Crippen LogP contribution in [-0.4, -0.2) is 29.5 Å². The van der Waals surface area contributed by atoms with Crippen LogP contribution >= 0.6 is 0 Å². The topological polar surface area (TPSA) is 67.3 Å². The van der Waals surface area contributed by atoms with Gasteiger partial charge in [-0.05, 0) is 30.5 Å². The lowest BCUT2D eigenvalue weighted by molar-refractivity contribution is 0.166. The molecule has 0 bridgehead atoms. The third-order valence-electron chi connectivity index (χ3n) is 3.98. The number of sulfone groups is 1. The molecule has 0 amide bonds. The number of aliphatic hydroxyl groups excluding tert-OH is 1. The van der Waals surface area contributed by atoms with Gasteiger partial charge in [-0.3, -0.25) is 4.98 Å². The van der Waals surface area contributed by atoms with Gasteiger partial charge in [0.15, 0.2) is 9.84 Å². The second-order valence-corrected chi connectivity index (χ2v) is 7.60. The Morgan fingerprint density at radius 1 is 1.20 bits per heavy atom. The lowest BCUT2D eigenvalue weighted by Gasteiger charge is -2.27. The Morgan fingerprint density at radius 2 is 2.05 bits per heavy atom. The van der Waals surface area contributed by atoms with Gasteiger partial charge in [0.1, 0.15) is 0 Å². The smallest absolute Gasteiger partial charge is 0.156 e. The summed E-state index contributed by atoms with van der Waals surface area (Å²) in [5, 5.41) is 10.7. The van der Waals surface area contributed by atoms with E-state index in [2.05, 4.69) is 4.98 Å². The second-order valence-electron chi connectivity index (χ2n) is 5.26. The van der Waals surface area contributed by atoms with Crippen molar-refractivity contribution in [3.63, 3.8) is 0 Å². The Balaban J connectivity index is 2.06. The van der Waals surface area contributed by atoms with Crippen molar-refractivity contribution in [2.75, 3.05) is 5.75 Å². The van der Waals surface area contributed by atoms with Crippen LogP contribution in [0.1, 0.15) is 30.9 Å². The van der Waals surface area contributed by atoms with Crippen LogP contribution in [-0.2, 0) is 9.84 Å². The predicted molar refractivity (Wildman–Crippen MR) is 78.1 cm³/mol. The van der Waals surface area contributed by atoms with Gasteiger partial charge in [0, 0.05) is 11.6 Å². The number of hydrogen-bond donors (Lipinski definition) is 1. The average Bonchev–Trinajstić information content (AvgIpc) is 2.45. The van der Waals surface area contributed by atoms with Crippen molar-refractivity contribution in [2.45, 2.75) is 30.6 Å². The van der Waals surface area contributed by atoms with Crippen molar-refractivity contribution in [2.24, 2.45) is 0 Å². The summed E-state index contributed by atoms with van der Waals surface area (Å²) in [4.78, 5) is 4.25. The van der Waals surface area contributed by atoms with E-state index >= 15 is 0 Å². The van der Waals surface area contributed by atoms with Gasteiger partial charge in [-0.1, -0.05) is 24.6 Å². The largest absolute Gasteiger partial charge is 0.387 e. The summed E-state index contributed by atoms with van der Waals surface area (Å²) >= 11 is 0. The number of aliphatic hydroxyl groups is 1. The van der Waals surface area contributed by atoms with Gasteiger partial charge < -0.3 is 5.11 Å². The molecule has 1 fully saturated rings. The maximum absolute atomic E-state index is 12.2. The van der Waals surface area contributed by atoms with Crippen LogP contribution in [0.25, 0.3) is 10.9 Å². The minimum absolute atomic E-state index is 0.178. The van der Waals surface area contributed by atoms with Crippen LogP contribution in [0.3, 0.4) is 0 Å². The van der Waals surface area contributed by atoms with E-state index in [1.54, 1.807) is 18.3 Å². The molecule has 4 nitrogen and oxygen atoms in total. The lowest BCUT2D eigenvalue weighted by Crippen LogP contribution is -2.33. The number of fused-ring (bicyclic) bond motifs is 1. The third kappa shape index (κ3) is 2.31. The molecule has 1 N–H and O–H groups in total. The predicted octanol–water partition coefficient (Wildman–Crippen LogP) is 2.24. The number of pyridine rings is 1. The summed E-state index contributed by atoms with van der Waals surface area (Å²) in [6, 6.07) is 9.13. The number of rotatable bonds is 2. The van der Waals surface area contributed by atoms with Crippen LogP contribution < -0.4 is 0 Å². The molecule has 3 rings (SSSR count). The first-order valence-electron chi connectivity index (χ1n) is 6.83. The SMILES string of the molecule is O=S1(=O)CCCCC1C(O)c1cccc2ncccc12. The highest BCUT2D eigenvalue weighted by Gasteiger charge is 2.35. The van der Waals surface area contributed by atoms with Crippen LogP contribution in [0.4, 0.5) is 0 Å². The fourth-order valence-electron chi connectivity index (χ4n) is 2.92. The first kappa shape index (κ1) is 13.5. The van der Waals surface area contributed by atoms with Crippen LogP contribution in [0.15, 0.2) is 36.5 Å². The summed E-state index contributed by atoms with van der Waals surface area (Å²) in [5.41, 5.74) is 1.43. The molecule has 0 spiro atoms. The summed E-state index contributed by atoms with van der Waals surface area (Å²) in [6.45, 7) is 0. The minimum atomic E-state index is -3.21. The molecular weight excluding hydrogens is 274 g/mol. The van der Waals surface area contributed by atoms with E-state index in [1.807, 2.05) is 18.2 Å². The molecule has 0 saturated carbocycles. The molecule has 1 aromatic heterocycles. The van der Waals surface area contributed by atoms with E-state index in [4.69, 9.17) is 0 Å². The average molecular weight is 291 g/mol. The maximum atomic E-state index is 12.2. The van der Waals surface area contributed by atoms with Crippen molar-refractivity contribution >= 4 is 20.7 Å². The molecule has 106 valence electrons. The third-order valence-corrected chi connectivity index (χ3v) is 6.25. The quantitative estimate of drug-likeness (QED) is 0.921. The zero-order valence-corrected chi connectivity index (χ0v) is 11.9. The highest BCUT2D eigenvalue weighted by molar-refractivity contribution is 7.92. The Hall–Kier alpha value is -1.46. The van der Waals surface area contributed by atoms with Crippen molar-refractivity contribution in [3.05, 3.63) is 42.1 Å². The molecule has 1 saturated heterocycles. The van der Waals surface area contributed by atoms with Crippen LogP contribution in [0.2, 0.25) is 0 Å². The Bertz CT molecular complexity index is 721. The van der Waals surface area contributed by atoms with Crippen molar-refractivity contribution in [3.8, 4) is 0 Å². The van der Waals surface area contributed by atoms with Crippen molar-refractivity contribution in [1.82, 2.24) is 4.98 Å². The van der Waals surface area contributed by atoms with E-state index in [0.717, 1.165) is 17.3 Å². The molecule has 1 aromatic carbocycles. The molecule has 5 heteroatoms. The molecule has 20 heavy (non-hydrogen) atoms. The normalized spacial score (nSPS) is 23.6. The summed E-state index contributed by atoms with van der Waals surface area (Å²) in [5.74, 6) is 0.178. The highest BCUT2D eigenvalue weighted by Crippen LogP contribution is 2.33. The van der Waals surface area contributed by atoms with Crippen LogP contribution in [0.5, 0.6) is 0 Å². The Labute approximate surface area is 118 Å². The van der Waals surface area contributed by atoms with Gasteiger partial charge in [-0.25, -0.2) is 8.42 Å². The molecular formula is C15H17NO3S. The first-order valence-corrected chi connectivity index (χ1v) is 8.54. The summed E-state index contributed by atoms with van der Waals surface area (Å²) in [6.07, 6.45) is 2.79. The minimum Gasteiger partial charge on any atom is -0.387 e. The number of hydrogen-bond acceptors (Lipinski definition) is 4. The van der Waals surface area contributed by atoms with E-state index in [1.165, 1.54) is 0 Å². The van der Waals surface area contributed by atoms with E-state index in [0.29, 0.717) is 18.4 Å². The van der Waals surface area contributed by atoms with Gasteiger partial charge in [0.2, 0.25) is 0 Å². The molecule has 2 atom stereocenters. The zero-order chi connectivity index (χ0) is 14.2. The zero-order valence-electron chi connectivity index (χ0n) is 11.1. The summed E-state index contributed by atoms with van der Waals surface area (Å²) < 4.78 is 24.3. The standard InChI is InChI=1S/C15H17NO3S/c17-15(14-8-1-2-10-20(14,18)19)12-5-3-7-13-11(12)6-4-9-16-13/h3-7,9,14-15,17H,1-2,8,10H2. The molecule has 0 aliphatic carbocycles. The lowest BCUT2D eigenvalue weighted by atomic mass is 9.98. The molecule has 1 aliphatic rings. The molecule has 2 heterocycles. The number of nitrogens with zero attached hydrogens (tertiary/aromatic N) is 1. The molecule has 2 unspecified atom stereocenters. The molecule has 1 aliphatic heterocycles.